The van der Waals surface area contributed by atoms with Crippen molar-refractivity contribution in [2.24, 2.45) is 0 Å². The first-order valence-corrected chi connectivity index (χ1v) is 6.75. The molecule has 1 aromatic carbocycles. The van der Waals surface area contributed by atoms with E-state index in [1.54, 1.807) is 31.2 Å². The Balaban J connectivity index is 2.07. The molecule has 6 heteroatoms. The summed E-state index contributed by atoms with van der Waals surface area (Å²) in [4.78, 5) is 25.0. The van der Waals surface area contributed by atoms with E-state index in [9.17, 15) is 14.7 Å². The van der Waals surface area contributed by atoms with Crippen molar-refractivity contribution in [3.8, 4) is 6.07 Å². The lowest BCUT2D eigenvalue weighted by atomic mass is 10.00. The highest BCUT2D eigenvalue weighted by atomic mass is 16.4. The van der Waals surface area contributed by atoms with Crippen molar-refractivity contribution in [3.63, 3.8) is 0 Å². The Labute approximate surface area is 123 Å². The number of carboxylic acid groups (broad SMARTS) is 1. The number of carbonyl (C=O) groups excluding carboxylic acids is 1. The smallest absolute Gasteiger partial charge is 0.329 e. The number of nitrogens with one attached hydrogen (secondary N) is 1. The van der Waals surface area contributed by atoms with Crippen LogP contribution in [0.5, 0.6) is 0 Å². The Morgan fingerprint density at radius 2 is 2.10 bits per heavy atom. The van der Waals surface area contributed by atoms with E-state index >= 15 is 0 Å². The summed E-state index contributed by atoms with van der Waals surface area (Å²) in [5, 5.41) is 20.6. The van der Waals surface area contributed by atoms with Crippen LogP contribution in [0.2, 0.25) is 0 Å². The summed E-state index contributed by atoms with van der Waals surface area (Å²) in [5.74, 6) is -0.987. The Kier molecular flexibility index (Phi) is 4.13. The maximum absolute atomic E-state index is 12.2. The number of hydrogen-bond donors (Lipinski definition) is 2. The number of amides is 2. The van der Waals surface area contributed by atoms with Gasteiger partial charge in [0.05, 0.1) is 12.5 Å². The maximum Gasteiger partial charge on any atom is 0.329 e. The molecule has 0 saturated carbocycles. The van der Waals surface area contributed by atoms with Crippen molar-refractivity contribution < 1.29 is 14.7 Å². The number of benzene rings is 1. The number of aliphatic carboxylic acids is 1. The summed E-state index contributed by atoms with van der Waals surface area (Å²) in [7, 11) is 0. The van der Waals surface area contributed by atoms with Gasteiger partial charge in [0.2, 0.25) is 0 Å². The number of anilines is 1. The van der Waals surface area contributed by atoms with Crippen LogP contribution in [-0.2, 0) is 11.2 Å². The Hall–Kier alpha value is -2.55. The summed E-state index contributed by atoms with van der Waals surface area (Å²) >= 11 is 0. The molecule has 2 rings (SSSR count). The summed E-state index contributed by atoms with van der Waals surface area (Å²) in [6, 6.07) is 8.58. The van der Waals surface area contributed by atoms with E-state index in [4.69, 9.17) is 5.26 Å². The van der Waals surface area contributed by atoms with Crippen LogP contribution in [0.1, 0.15) is 25.3 Å². The standard InChI is InChI=1S/C15H17N3O3/c1-15(13(19)20)8-2-10-18(15)14(21)17-12-5-3-11(4-6-12)7-9-16/h3-6H,2,7-8,10H2,1H3,(H,17,21)(H,19,20). The molecule has 1 heterocycles. The van der Waals surface area contributed by atoms with Gasteiger partial charge in [-0.15, -0.1) is 0 Å². The van der Waals surface area contributed by atoms with E-state index in [1.165, 1.54) is 4.90 Å². The minimum absolute atomic E-state index is 0.317. The first-order valence-electron chi connectivity index (χ1n) is 6.75. The summed E-state index contributed by atoms with van der Waals surface area (Å²) < 4.78 is 0. The molecular formula is C15H17N3O3. The second-order valence-electron chi connectivity index (χ2n) is 5.30. The van der Waals surface area contributed by atoms with Gasteiger partial charge in [-0.3, -0.25) is 0 Å². The van der Waals surface area contributed by atoms with Crippen LogP contribution in [0.25, 0.3) is 0 Å². The van der Waals surface area contributed by atoms with Crippen molar-refractivity contribution in [2.75, 3.05) is 11.9 Å². The average Bonchev–Trinajstić information content (AvgIpc) is 2.85. The van der Waals surface area contributed by atoms with Crippen LogP contribution in [0.4, 0.5) is 10.5 Å². The summed E-state index contributed by atoms with van der Waals surface area (Å²) in [6.45, 7) is 2.00. The molecule has 1 unspecified atom stereocenters. The zero-order chi connectivity index (χ0) is 15.5. The van der Waals surface area contributed by atoms with Crippen molar-refractivity contribution in [1.82, 2.24) is 4.90 Å². The van der Waals surface area contributed by atoms with Gasteiger partial charge in [-0.05, 0) is 37.5 Å². The minimum Gasteiger partial charge on any atom is -0.480 e. The van der Waals surface area contributed by atoms with Gasteiger partial charge in [-0.1, -0.05) is 12.1 Å². The molecule has 0 aliphatic carbocycles. The normalized spacial score (nSPS) is 20.9. The molecule has 21 heavy (non-hydrogen) atoms. The van der Waals surface area contributed by atoms with Crippen LogP contribution < -0.4 is 5.32 Å². The molecule has 1 aliphatic heterocycles. The van der Waals surface area contributed by atoms with Gasteiger partial charge in [-0.2, -0.15) is 5.26 Å². The molecule has 2 N–H and O–H groups in total. The largest absolute Gasteiger partial charge is 0.480 e. The van der Waals surface area contributed by atoms with Crippen LogP contribution in [0, 0.1) is 11.3 Å². The highest BCUT2D eigenvalue weighted by Gasteiger charge is 2.45. The molecule has 0 radical (unpaired) electrons. The predicted octanol–water partition coefficient (Wildman–Crippen LogP) is 2.22. The van der Waals surface area contributed by atoms with Gasteiger partial charge in [0.25, 0.3) is 0 Å². The Morgan fingerprint density at radius 1 is 1.43 bits per heavy atom. The monoisotopic (exact) mass is 287 g/mol. The molecule has 0 spiro atoms. The van der Waals surface area contributed by atoms with Crippen LogP contribution in [0.15, 0.2) is 24.3 Å². The molecule has 110 valence electrons. The quantitative estimate of drug-likeness (QED) is 0.891. The molecule has 1 fully saturated rings. The molecule has 6 nitrogen and oxygen atoms in total. The van der Waals surface area contributed by atoms with Crippen molar-refractivity contribution >= 4 is 17.7 Å². The number of nitriles is 1. The van der Waals surface area contributed by atoms with Crippen LogP contribution >= 0.6 is 0 Å². The van der Waals surface area contributed by atoms with Gasteiger partial charge in [0, 0.05) is 12.2 Å². The molecule has 1 aliphatic rings. The number of rotatable bonds is 3. The van der Waals surface area contributed by atoms with E-state index in [2.05, 4.69) is 11.4 Å². The minimum atomic E-state index is -1.15. The zero-order valence-electron chi connectivity index (χ0n) is 11.8. The average molecular weight is 287 g/mol. The number of carbonyl (C=O) groups is 2. The molecular weight excluding hydrogens is 270 g/mol. The molecule has 0 aromatic heterocycles. The third kappa shape index (κ3) is 2.97. The fourth-order valence-corrected chi connectivity index (χ4v) is 2.50. The number of nitrogens with zero attached hydrogens (tertiary/aromatic N) is 2. The van der Waals surface area contributed by atoms with Gasteiger partial charge in [-0.25, -0.2) is 9.59 Å². The van der Waals surface area contributed by atoms with E-state index < -0.39 is 17.5 Å². The SMILES string of the molecule is CC1(C(=O)O)CCCN1C(=O)Nc1ccc(CC#N)cc1. The van der Waals surface area contributed by atoms with Crippen LogP contribution in [0.3, 0.4) is 0 Å². The molecule has 1 atom stereocenters. The number of carboxylic acids is 1. The lowest BCUT2D eigenvalue weighted by Crippen LogP contribution is -2.52. The van der Waals surface area contributed by atoms with Crippen molar-refractivity contribution in [3.05, 3.63) is 29.8 Å². The number of urea groups is 1. The van der Waals surface area contributed by atoms with Gasteiger partial charge in [0.15, 0.2) is 0 Å². The fourth-order valence-electron chi connectivity index (χ4n) is 2.50. The topological polar surface area (TPSA) is 93.4 Å². The first kappa shape index (κ1) is 14.9. The van der Waals surface area contributed by atoms with E-state index in [-0.39, 0.29) is 0 Å². The van der Waals surface area contributed by atoms with Crippen molar-refractivity contribution in [1.29, 1.82) is 5.26 Å². The lowest BCUT2D eigenvalue weighted by Gasteiger charge is -2.31. The lowest BCUT2D eigenvalue weighted by molar-refractivity contribution is -0.146. The summed E-state index contributed by atoms with van der Waals surface area (Å²) in [5.41, 5.74) is 0.304. The van der Waals surface area contributed by atoms with E-state index in [1.807, 2.05) is 0 Å². The number of likely N-dealkylation sites (tertiary alicyclic amines) is 1. The Bertz CT molecular complexity index is 591. The molecule has 2 amide bonds. The van der Waals surface area contributed by atoms with Gasteiger partial charge < -0.3 is 15.3 Å². The highest BCUT2D eigenvalue weighted by molar-refractivity contribution is 5.94. The molecule has 1 aromatic rings. The third-order valence-electron chi connectivity index (χ3n) is 3.84. The predicted molar refractivity (Wildman–Crippen MR) is 76.8 cm³/mol. The van der Waals surface area contributed by atoms with Gasteiger partial charge >= 0.3 is 12.0 Å². The highest BCUT2D eigenvalue weighted by Crippen LogP contribution is 2.29. The maximum atomic E-state index is 12.2. The molecule has 0 bridgehead atoms. The first-order chi connectivity index (χ1) is 9.97. The second kappa shape index (κ2) is 5.83. The summed E-state index contributed by atoms with van der Waals surface area (Å²) in [6.07, 6.45) is 1.45. The zero-order valence-corrected chi connectivity index (χ0v) is 11.8. The van der Waals surface area contributed by atoms with Crippen molar-refractivity contribution in [2.45, 2.75) is 31.7 Å². The molecule has 1 saturated heterocycles. The fraction of sp³-hybridized carbons (Fsp3) is 0.400. The second-order valence-corrected chi connectivity index (χ2v) is 5.30. The van der Waals surface area contributed by atoms with E-state index in [0.29, 0.717) is 31.5 Å². The number of hydrogen-bond acceptors (Lipinski definition) is 3. The van der Waals surface area contributed by atoms with Gasteiger partial charge in [0.1, 0.15) is 5.54 Å². The van der Waals surface area contributed by atoms with E-state index in [0.717, 1.165) is 5.56 Å². The Morgan fingerprint density at radius 3 is 2.67 bits per heavy atom. The van der Waals surface area contributed by atoms with Crippen LogP contribution in [-0.4, -0.2) is 34.1 Å². The third-order valence-corrected chi connectivity index (χ3v) is 3.84.